The molecule has 4 aliphatic carbocycles. The summed E-state index contributed by atoms with van der Waals surface area (Å²) in [4.78, 5) is 41.3. The number of fused-ring (bicyclic) bond motifs is 5. The predicted octanol–water partition coefficient (Wildman–Crippen LogP) is 8.61. The highest BCUT2D eigenvalue weighted by molar-refractivity contribution is 6.04. The molecule has 0 aliphatic heterocycles. The molecular weight excluding hydrogens is 743 g/mol. The monoisotopic (exact) mass is 803 g/mol. The summed E-state index contributed by atoms with van der Waals surface area (Å²) in [7, 11) is 0. The largest absolute Gasteiger partial charge is 0.457 e. The topological polar surface area (TPSA) is 131 Å². The molecule has 0 saturated heterocycles. The second kappa shape index (κ2) is 15.5. The summed E-state index contributed by atoms with van der Waals surface area (Å²) in [6, 6.07) is 29.1. The van der Waals surface area contributed by atoms with Crippen LogP contribution in [0.4, 0.5) is 4.79 Å². The van der Waals surface area contributed by atoms with E-state index in [1.165, 1.54) is 0 Å². The van der Waals surface area contributed by atoms with E-state index >= 15 is 0 Å². The van der Waals surface area contributed by atoms with Crippen LogP contribution in [0.2, 0.25) is 0 Å². The van der Waals surface area contributed by atoms with Gasteiger partial charge in [0.2, 0.25) is 0 Å². The maximum absolute atomic E-state index is 14.3. The first-order valence-electron chi connectivity index (χ1n) is 21.3. The molecule has 0 aromatic heterocycles. The van der Waals surface area contributed by atoms with Crippen LogP contribution in [0.15, 0.2) is 114 Å². The number of nitrogens with one attached hydrogen (secondary N) is 1. The van der Waals surface area contributed by atoms with Gasteiger partial charge in [-0.05, 0) is 74.3 Å². The maximum Gasteiger partial charge on any atom is 0.408 e. The van der Waals surface area contributed by atoms with Crippen LogP contribution in [0, 0.1) is 29.1 Å². The molecule has 59 heavy (non-hydrogen) atoms. The minimum Gasteiger partial charge on any atom is -0.457 e. The number of esters is 1. The van der Waals surface area contributed by atoms with Crippen LogP contribution in [0.5, 0.6) is 0 Å². The average molecular weight is 804 g/mol. The Morgan fingerprint density at radius 2 is 1.42 bits per heavy atom. The molecule has 8 atom stereocenters. The molecule has 0 unspecified atom stereocenters. The Morgan fingerprint density at radius 3 is 1.93 bits per heavy atom. The van der Waals surface area contributed by atoms with E-state index in [0.717, 1.165) is 23.1 Å². The Kier molecular flexibility index (Phi) is 11.2. The second-order valence-electron chi connectivity index (χ2n) is 19.0. The Balaban J connectivity index is 1.30. The smallest absolute Gasteiger partial charge is 0.408 e. The zero-order valence-corrected chi connectivity index (χ0v) is 35.8. The number of alkyl carbamates (subject to hydrolysis) is 1. The third kappa shape index (κ3) is 7.17. The molecule has 1 amide bonds. The van der Waals surface area contributed by atoms with Crippen molar-refractivity contribution in [1.82, 2.24) is 5.32 Å². The van der Waals surface area contributed by atoms with Gasteiger partial charge >= 0.3 is 12.1 Å². The van der Waals surface area contributed by atoms with Crippen molar-refractivity contribution in [2.45, 2.75) is 122 Å². The number of Topliss-reactive ketones (excluding diaryl/α,β-unsaturated/α-hetero) is 1. The summed E-state index contributed by atoms with van der Waals surface area (Å²) in [5, 5.41) is 28.7. The second-order valence-corrected chi connectivity index (χ2v) is 19.0. The van der Waals surface area contributed by atoms with Gasteiger partial charge in [0.1, 0.15) is 28.4 Å². The Labute approximate surface area is 349 Å². The number of benzene rings is 3. The Morgan fingerprint density at radius 1 is 0.881 bits per heavy atom. The van der Waals surface area contributed by atoms with E-state index in [1.54, 1.807) is 33.8 Å². The highest BCUT2D eigenvalue weighted by Crippen LogP contribution is 2.76. The van der Waals surface area contributed by atoms with E-state index in [-0.39, 0.29) is 18.9 Å². The van der Waals surface area contributed by atoms with Gasteiger partial charge in [0.05, 0.1) is 12.2 Å². The number of carbonyl (C=O) groups is 3. The van der Waals surface area contributed by atoms with Crippen molar-refractivity contribution in [3.8, 4) is 0 Å². The third-order valence-electron chi connectivity index (χ3n) is 13.8. The maximum atomic E-state index is 14.3. The predicted molar refractivity (Wildman–Crippen MR) is 226 cm³/mol. The first-order valence-corrected chi connectivity index (χ1v) is 21.3. The number of ketones is 1. The summed E-state index contributed by atoms with van der Waals surface area (Å²) in [6.45, 7) is 15.1. The first kappa shape index (κ1) is 42.6. The van der Waals surface area contributed by atoms with E-state index in [1.807, 2.05) is 111 Å². The SMILES string of the molecule is CCCC[C@H](NC(=O)OC(C)(C)C)C(=O)O[C@@]12C[C@@H](C)[C@@]3(O)[C@@H](C=C(COC(c4ccccc4)(c4ccccc4)c4ccccc4)C[C@]4(O)C(=O)C(C)=C[C@@H]34)[C@@H]1C2(C)C. The lowest BCUT2D eigenvalue weighted by Crippen LogP contribution is -2.61. The van der Waals surface area contributed by atoms with Crippen LogP contribution in [-0.2, 0) is 29.4 Å². The number of unbranched alkanes of at least 4 members (excludes halogenated alkanes) is 1. The number of aliphatic hydroxyl groups is 2. The fourth-order valence-electron chi connectivity index (χ4n) is 10.9. The fourth-order valence-corrected chi connectivity index (χ4v) is 10.9. The van der Waals surface area contributed by atoms with Gasteiger partial charge in [-0.1, -0.05) is 144 Å². The quantitative estimate of drug-likeness (QED) is 0.0943. The number of amides is 1. The number of hydrogen-bond acceptors (Lipinski definition) is 8. The lowest BCUT2D eigenvalue weighted by Gasteiger charge is -2.50. The molecule has 0 heterocycles. The molecule has 3 aromatic rings. The normalized spacial score (nSPS) is 30.0. The van der Waals surface area contributed by atoms with Gasteiger partial charge in [-0.25, -0.2) is 9.59 Å². The Bertz CT molecular complexity index is 2010. The average Bonchev–Trinajstić information content (AvgIpc) is 3.60. The molecule has 0 bridgehead atoms. The number of hydrogen-bond donors (Lipinski definition) is 3. The molecule has 9 heteroatoms. The van der Waals surface area contributed by atoms with Crippen LogP contribution < -0.4 is 5.32 Å². The van der Waals surface area contributed by atoms with E-state index in [4.69, 9.17) is 14.2 Å². The van der Waals surface area contributed by atoms with E-state index < -0.39 is 75.1 Å². The van der Waals surface area contributed by atoms with Gasteiger partial charge < -0.3 is 29.7 Å². The highest BCUT2D eigenvalue weighted by Gasteiger charge is 2.83. The molecular formula is C50H61NO8. The van der Waals surface area contributed by atoms with Gasteiger partial charge in [-0.3, -0.25) is 4.79 Å². The lowest BCUT2D eigenvalue weighted by molar-refractivity contribution is -0.188. The summed E-state index contributed by atoms with van der Waals surface area (Å²) >= 11 is 0. The van der Waals surface area contributed by atoms with Gasteiger partial charge in [0.15, 0.2) is 5.78 Å². The van der Waals surface area contributed by atoms with E-state index in [2.05, 4.69) is 19.2 Å². The molecule has 4 aliphatic rings. The molecule has 0 radical (unpaired) electrons. The van der Waals surface area contributed by atoms with Gasteiger partial charge in [0, 0.05) is 29.6 Å². The summed E-state index contributed by atoms with van der Waals surface area (Å²) in [5.41, 5.74) is -3.09. The van der Waals surface area contributed by atoms with Crippen molar-refractivity contribution in [2.75, 3.05) is 6.61 Å². The number of rotatable bonds is 12. The highest BCUT2D eigenvalue weighted by atomic mass is 16.6. The van der Waals surface area contributed by atoms with E-state index in [0.29, 0.717) is 30.4 Å². The number of ether oxygens (including phenoxy) is 3. The van der Waals surface area contributed by atoms with Crippen molar-refractivity contribution in [3.05, 3.63) is 131 Å². The molecule has 2 fully saturated rings. The molecule has 314 valence electrons. The van der Waals surface area contributed by atoms with Crippen LogP contribution in [0.1, 0.15) is 104 Å². The summed E-state index contributed by atoms with van der Waals surface area (Å²) in [6.07, 6.45) is 5.24. The van der Waals surface area contributed by atoms with Crippen molar-refractivity contribution in [3.63, 3.8) is 0 Å². The van der Waals surface area contributed by atoms with Crippen molar-refractivity contribution in [2.24, 2.45) is 29.1 Å². The zero-order chi connectivity index (χ0) is 42.6. The fraction of sp³-hybridized carbons (Fsp3) is 0.500. The van der Waals surface area contributed by atoms with Gasteiger partial charge in [-0.15, -0.1) is 0 Å². The van der Waals surface area contributed by atoms with Crippen LogP contribution >= 0.6 is 0 Å². The van der Waals surface area contributed by atoms with E-state index in [9.17, 15) is 24.6 Å². The van der Waals surface area contributed by atoms with Gasteiger partial charge in [-0.2, -0.15) is 0 Å². The zero-order valence-electron chi connectivity index (χ0n) is 35.8. The summed E-state index contributed by atoms with van der Waals surface area (Å²) in [5.74, 6) is -3.37. The Hall–Kier alpha value is -4.57. The third-order valence-corrected chi connectivity index (χ3v) is 13.8. The lowest BCUT2D eigenvalue weighted by atomic mass is 9.60. The van der Waals surface area contributed by atoms with Crippen molar-refractivity contribution < 1.29 is 38.8 Å². The molecule has 9 nitrogen and oxygen atoms in total. The summed E-state index contributed by atoms with van der Waals surface area (Å²) < 4.78 is 19.4. The molecule has 7 rings (SSSR count). The van der Waals surface area contributed by atoms with Crippen LogP contribution in [-0.4, -0.2) is 63.1 Å². The minimum atomic E-state index is -1.91. The standard InChI is InChI=1S/C50H61NO8/c1-9-10-26-39(51-44(54)59-45(4,5)6)43(53)58-48-29-33(3)49(56)38(41(48)46(48,7)8)28-34(30-47(55)40(49)27-32(2)42(47)52)31-57-50(35-20-14-11-15-21-35,36-22-16-12-17-23-36)37-24-18-13-19-25-37/h11-25,27-28,33,38-41,55-56H,9-10,26,29-31H2,1-8H3,(H,51,54)/t33-,38+,39+,40-,41-,47-,48+,49-/m1/s1. The molecule has 0 spiro atoms. The minimum absolute atomic E-state index is 0.0276. The van der Waals surface area contributed by atoms with Crippen LogP contribution in [0.3, 0.4) is 0 Å². The molecule has 2 saturated carbocycles. The molecule has 3 N–H and O–H groups in total. The van der Waals surface area contributed by atoms with Crippen molar-refractivity contribution in [1.29, 1.82) is 0 Å². The number of carbonyl (C=O) groups excluding carboxylic acids is 3. The first-order chi connectivity index (χ1) is 27.8. The van der Waals surface area contributed by atoms with Crippen LogP contribution in [0.25, 0.3) is 0 Å². The molecule has 3 aromatic carbocycles. The van der Waals surface area contributed by atoms with Crippen molar-refractivity contribution >= 4 is 17.8 Å². The van der Waals surface area contributed by atoms with Gasteiger partial charge in [0.25, 0.3) is 0 Å².